The van der Waals surface area contributed by atoms with Crippen LogP contribution in [-0.4, -0.2) is 53.0 Å². The molecule has 2 rings (SSSR count). The molecule has 0 bridgehead atoms. The minimum atomic E-state index is -0.504. The van der Waals surface area contributed by atoms with Crippen molar-refractivity contribution in [1.29, 1.82) is 0 Å². The number of hydrogen-bond donors (Lipinski definition) is 1. The van der Waals surface area contributed by atoms with Crippen LogP contribution in [0.4, 0.5) is 4.79 Å². The lowest BCUT2D eigenvalue weighted by Crippen LogP contribution is -2.41. The van der Waals surface area contributed by atoms with E-state index in [1.165, 1.54) is 6.20 Å². The summed E-state index contributed by atoms with van der Waals surface area (Å²) in [7, 11) is 0. The van der Waals surface area contributed by atoms with Crippen LogP contribution in [0.15, 0.2) is 18.3 Å². The van der Waals surface area contributed by atoms with Crippen molar-refractivity contribution in [2.45, 2.75) is 45.8 Å². The third-order valence-corrected chi connectivity index (χ3v) is 4.21. The van der Waals surface area contributed by atoms with Crippen molar-refractivity contribution in [3.05, 3.63) is 29.0 Å². The second-order valence-corrected chi connectivity index (χ2v) is 7.91. The molecule has 7 heteroatoms. The van der Waals surface area contributed by atoms with E-state index in [4.69, 9.17) is 16.3 Å². The lowest BCUT2D eigenvalue weighted by atomic mass is 10.0. The maximum absolute atomic E-state index is 12.5. The van der Waals surface area contributed by atoms with E-state index >= 15 is 0 Å². The molecular weight excluding hydrogens is 342 g/mol. The molecule has 0 radical (unpaired) electrons. The molecule has 1 fully saturated rings. The van der Waals surface area contributed by atoms with Crippen molar-refractivity contribution >= 4 is 23.5 Å². The van der Waals surface area contributed by atoms with Gasteiger partial charge < -0.3 is 15.0 Å². The predicted molar refractivity (Wildman–Crippen MR) is 97.0 cm³/mol. The average Bonchev–Trinajstić information content (AvgIpc) is 2.92. The molecule has 1 aliphatic heterocycles. The van der Waals surface area contributed by atoms with Crippen molar-refractivity contribution in [3.8, 4) is 0 Å². The number of carbonyl (C=O) groups excluding carboxylic acids is 2. The molecule has 2 heterocycles. The topological polar surface area (TPSA) is 71.5 Å². The second-order valence-electron chi connectivity index (χ2n) is 7.53. The van der Waals surface area contributed by atoms with Crippen molar-refractivity contribution in [2.75, 3.05) is 19.6 Å². The first-order valence-electron chi connectivity index (χ1n) is 8.51. The van der Waals surface area contributed by atoms with E-state index in [2.05, 4.69) is 15.2 Å². The Labute approximate surface area is 153 Å². The monoisotopic (exact) mass is 367 g/mol. The molecule has 0 aliphatic carbocycles. The van der Waals surface area contributed by atoms with E-state index in [1.54, 1.807) is 12.1 Å². The molecule has 0 saturated carbocycles. The number of nitrogens with zero attached hydrogens (tertiary/aromatic N) is 2. The minimum absolute atomic E-state index is 0.0488. The van der Waals surface area contributed by atoms with Crippen LogP contribution in [-0.2, 0) is 4.74 Å². The van der Waals surface area contributed by atoms with Crippen LogP contribution in [0.2, 0.25) is 5.15 Å². The SMILES string of the molecule is C[C@H](CN1CC[C@@H](NC(=O)OC(C)(C)C)C1)C(=O)c1ccc(Cl)nc1. The fraction of sp³-hybridized carbons (Fsp3) is 0.611. The zero-order chi connectivity index (χ0) is 18.6. The molecule has 1 aromatic heterocycles. The van der Waals surface area contributed by atoms with Gasteiger partial charge in [-0.2, -0.15) is 0 Å². The van der Waals surface area contributed by atoms with E-state index in [1.807, 2.05) is 27.7 Å². The summed E-state index contributed by atoms with van der Waals surface area (Å²) in [6, 6.07) is 3.37. The van der Waals surface area contributed by atoms with Crippen molar-refractivity contribution in [1.82, 2.24) is 15.2 Å². The molecule has 0 unspecified atom stereocenters. The number of halogens is 1. The maximum Gasteiger partial charge on any atom is 0.407 e. The number of nitrogens with one attached hydrogen (secondary N) is 1. The molecule has 25 heavy (non-hydrogen) atoms. The number of carbonyl (C=O) groups is 2. The van der Waals surface area contributed by atoms with Gasteiger partial charge in [-0.15, -0.1) is 0 Å². The Kier molecular flexibility index (Phi) is 6.41. The first-order valence-corrected chi connectivity index (χ1v) is 8.89. The Bertz CT molecular complexity index is 613. The Morgan fingerprint density at radius 2 is 2.16 bits per heavy atom. The Hall–Kier alpha value is -1.66. The molecule has 0 aromatic carbocycles. The molecule has 1 aromatic rings. The van der Waals surface area contributed by atoms with Gasteiger partial charge >= 0.3 is 6.09 Å². The number of ketones is 1. The fourth-order valence-corrected chi connectivity index (χ4v) is 2.98. The summed E-state index contributed by atoms with van der Waals surface area (Å²) in [5.41, 5.74) is 0.0650. The van der Waals surface area contributed by atoms with Gasteiger partial charge in [-0.25, -0.2) is 9.78 Å². The Morgan fingerprint density at radius 1 is 1.44 bits per heavy atom. The highest BCUT2D eigenvalue weighted by Gasteiger charge is 2.28. The van der Waals surface area contributed by atoms with Crippen molar-refractivity contribution in [2.24, 2.45) is 5.92 Å². The van der Waals surface area contributed by atoms with E-state index in [0.29, 0.717) is 17.3 Å². The first kappa shape index (κ1) is 19.7. The summed E-state index contributed by atoms with van der Waals surface area (Å²) < 4.78 is 5.28. The largest absolute Gasteiger partial charge is 0.444 e. The summed E-state index contributed by atoms with van der Waals surface area (Å²) in [6.07, 6.45) is 1.97. The lowest BCUT2D eigenvalue weighted by molar-refractivity contribution is 0.0504. The number of Topliss-reactive ketones (excluding diaryl/α,β-unsaturated/α-hetero) is 1. The molecule has 6 nitrogen and oxygen atoms in total. The number of hydrogen-bond acceptors (Lipinski definition) is 5. The normalized spacial score (nSPS) is 19.5. The summed E-state index contributed by atoms with van der Waals surface area (Å²) in [4.78, 5) is 30.4. The van der Waals surface area contributed by atoms with E-state index in [9.17, 15) is 9.59 Å². The number of amides is 1. The Morgan fingerprint density at radius 3 is 2.76 bits per heavy atom. The van der Waals surface area contributed by atoms with Crippen LogP contribution >= 0.6 is 11.6 Å². The van der Waals surface area contributed by atoms with Crippen LogP contribution in [0.5, 0.6) is 0 Å². The van der Waals surface area contributed by atoms with E-state index in [-0.39, 0.29) is 17.7 Å². The zero-order valence-corrected chi connectivity index (χ0v) is 16.0. The highest BCUT2D eigenvalue weighted by molar-refractivity contribution is 6.29. The third kappa shape index (κ3) is 6.29. The van der Waals surface area contributed by atoms with Gasteiger partial charge in [0.2, 0.25) is 0 Å². The van der Waals surface area contributed by atoms with Crippen LogP contribution in [0, 0.1) is 5.92 Å². The highest BCUT2D eigenvalue weighted by Crippen LogP contribution is 2.16. The van der Waals surface area contributed by atoms with Gasteiger partial charge in [-0.1, -0.05) is 18.5 Å². The molecule has 2 atom stereocenters. The van der Waals surface area contributed by atoms with Gasteiger partial charge in [0.05, 0.1) is 0 Å². The summed E-state index contributed by atoms with van der Waals surface area (Å²) >= 11 is 5.76. The van der Waals surface area contributed by atoms with Crippen LogP contribution in [0.1, 0.15) is 44.5 Å². The maximum atomic E-state index is 12.5. The van der Waals surface area contributed by atoms with Gasteiger partial charge in [-0.3, -0.25) is 4.79 Å². The number of rotatable bonds is 5. The lowest BCUT2D eigenvalue weighted by Gasteiger charge is -2.22. The standard InChI is InChI=1S/C18H26ClN3O3/c1-12(16(23)13-5-6-15(19)20-9-13)10-22-8-7-14(11-22)21-17(24)25-18(2,3)4/h5-6,9,12,14H,7-8,10-11H2,1-4H3,(H,21,24)/t12-,14-/m1/s1. The minimum Gasteiger partial charge on any atom is -0.444 e. The summed E-state index contributed by atoms with van der Waals surface area (Å²) in [6.45, 7) is 9.64. The Balaban J connectivity index is 1.81. The molecule has 1 aliphatic rings. The first-order chi connectivity index (χ1) is 11.6. The van der Waals surface area contributed by atoms with E-state index in [0.717, 1.165) is 19.5 Å². The molecule has 1 N–H and O–H groups in total. The van der Waals surface area contributed by atoms with Crippen LogP contribution in [0.25, 0.3) is 0 Å². The number of ether oxygens (including phenoxy) is 1. The smallest absolute Gasteiger partial charge is 0.407 e. The molecule has 138 valence electrons. The van der Waals surface area contributed by atoms with Crippen molar-refractivity contribution < 1.29 is 14.3 Å². The molecule has 1 amide bonds. The summed E-state index contributed by atoms with van der Waals surface area (Å²) in [5, 5.41) is 3.27. The number of pyridine rings is 1. The highest BCUT2D eigenvalue weighted by atomic mass is 35.5. The molecular formula is C18H26ClN3O3. The summed E-state index contributed by atoms with van der Waals surface area (Å²) in [5.74, 6) is -0.101. The number of aromatic nitrogens is 1. The van der Waals surface area contributed by atoms with Crippen LogP contribution < -0.4 is 5.32 Å². The third-order valence-electron chi connectivity index (χ3n) is 3.98. The molecule has 1 saturated heterocycles. The quantitative estimate of drug-likeness (QED) is 0.639. The fourth-order valence-electron chi connectivity index (χ4n) is 2.87. The second kappa shape index (κ2) is 8.15. The van der Waals surface area contributed by atoms with E-state index < -0.39 is 11.7 Å². The van der Waals surface area contributed by atoms with Crippen molar-refractivity contribution in [3.63, 3.8) is 0 Å². The zero-order valence-electron chi connectivity index (χ0n) is 15.2. The van der Waals surface area contributed by atoms with Gasteiger partial charge in [0.1, 0.15) is 10.8 Å². The van der Waals surface area contributed by atoms with Gasteiger partial charge in [0.25, 0.3) is 0 Å². The average molecular weight is 368 g/mol. The predicted octanol–water partition coefficient (Wildman–Crippen LogP) is 3.15. The molecule has 0 spiro atoms. The van der Waals surface area contributed by atoms with Crippen LogP contribution in [0.3, 0.4) is 0 Å². The number of alkyl carbamates (subject to hydrolysis) is 1. The van der Waals surface area contributed by atoms with Gasteiger partial charge in [0, 0.05) is 43.4 Å². The van der Waals surface area contributed by atoms with Gasteiger partial charge in [-0.05, 0) is 39.3 Å². The number of likely N-dealkylation sites (tertiary alicyclic amines) is 1. The van der Waals surface area contributed by atoms with Gasteiger partial charge in [0.15, 0.2) is 5.78 Å².